The summed E-state index contributed by atoms with van der Waals surface area (Å²) >= 11 is 0. The van der Waals surface area contributed by atoms with E-state index in [-0.39, 0.29) is 16.2 Å². The van der Waals surface area contributed by atoms with Gasteiger partial charge >= 0.3 is 0 Å². The highest BCUT2D eigenvalue weighted by Gasteiger charge is 2.27. The Morgan fingerprint density at radius 2 is 1.09 bits per heavy atom. The van der Waals surface area contributed by atoms with Gasteiger partial charge in [-0.1, -0.05) is 178 Å². The molecule has 0 aliphatic heterocycles. The van der Waals surface area contributed by atoms with Crippen LogP contribution in [-0.4, -0.2) is 10.1 Å². The summed E-state index contributed by atoms with van der Waals surface area (Å²) in [4.78, 5) is 7.27. The topological polar surface area (TPSA) is 62.4 Å². The van der Waals surface area contributed by atoms with Gasteiger partial charge in [-0.3, -0.25) is 4.98 Å². The van der Waals surface area contributed by atoms with Crippen LogP contribution in [0.4, 0.5) is 17.1 Å². The van der Waals surface area contributed by atoms with Gasteiger partial charge in [-0.2, -0.15) is 0 Å². The maximum absolute atomic E-state index is 11.8. The first-order chi connectivity index (χ1) is 31.4. The van der Waals surface area contributed by atoms with Crippen molar-refractivity contribution in [2.24, 2.45) is 0 Å². The number of nitrogens with zero attached hydrogens (tertiary/aromatic N) is 2. The van der Waals surface area contributed by atoms with Gasteiger partial charge < -0.3 is 15.7 Å². The van der Waals surface area contributed by atoms with Crippen molar-refractivity contribution in [3.63, 3.8) is 0 Å². The summed E-state index contributed by atoms with van der Waals surface area (Å²) in [7, 11) is 0. The smallest absolute Gasteiger partial charge is 0.123 e. The molecular formula is C62H65N3O. The monoisotopic (exact) mass is 868 g/mol. The molecule has 0 radical (unpaired) electrons. The number of nitrogens with two attached hydrogens (primary N) is 1. The predicted molar refractivity (Wildman–Crippen MR) is 282 cm³/mol. The molecule has 8 aromatic rings. The Balaban J connectivity index is 1.29. The van der Waals surface area contributed by atoms with Crippen LogP contribution in [0, 0.1) is 6.92 Å². The summed E-state index contributed by atoms with van der Waals surface area (Å²) in [6.45, 7) is 22.7. The van der Waals surface area contributed by atoms with E-state index in [0.717, 1.165) is 73.6 Å². The predicted octanol–water partition coefficient (Wildman–Crippen LogP) is 16.6. The number of hydrogen-bond donors (Lipinski definition) is 2. The zero-order chi connectivity index (χ0) is 47.0. The van der Waals surface area contributed by atoms with Crippen LogP contribution >= 0.6 is 0 Å². The van der Waals surface area contributed by atoms with E-state index in [4.69, 9.17) is 10.7 Å². The number of rotatable bonds is 11. The van der Waals surface area contributed by atoms with Crippen LogP contribution < -0.4 is 10.6 Å². The molecule has 0 unspecified atom stereocenters. The molecule has 1 aromatic heterocycles. The zero-order valence-electron chi connectivity index (χ0n) is 40.5. The van der Waals surface area contributed by atoms with E-state index in [1.807, 2.05) is 19.2 Å². The maximum Gasteiger partial charge on any atom is 0.123 e. The average Bonchev–Trinajstić information content (AvgIpc) is 3.32. The van der Waals surface area contributed by atoms with Gasteiger partial charge in [0.2, 0.25) is 0 Å². The number of phenols is 1. The SMILES string of the molecule is CCC(C)(C)c1ccc(N(Cc2cc(C(C)(C)C)cc(C)c2O)c2cccc(-c3cc(-c4cc(-c5ccc(-c6ccccc6)cc5)ccn4)cc(C(C)(C)C)c3)c2N)c(-c2ccccc2)c1. The third-order valence-corrected chi connectivity index (χ3v) is 13.5. The molecule has 0 spiro atoms. The second kappa shape index (κ2) is 18.2. The van der Waals surface area contributed by atoms with Crippen molar-refractivity contribution in [3.8, 4) is 61.5 Å². The number of aryl methyl sites for hydroxylation is 1. The zero-order valence-corrected chi connectivity index (χ0v) is 40.5. The molecule has 0 atom stereocenters. The largest absolute Gasteiger partial charge is 0.507 e. The highest BCUT2D eigenvalue weighted by molar-refractivity contribution is 5.93. The molecule has 1 heterocycles. The standard InChI is InChI=1S/C62H65N3O/c1-11-62(9,10)50-29-30-56(54(39-50)45-21-16-13-17-22-45)65(40-49-37-51(60(3,4)5)33-41(2)59(49)66)57-24-18-23-53(58(57)63)47-34-48(36-52(35-47)61(6,7)8)55-38-46(31-32-64-55)44-27-25-43(26-28-44)42-19-14-12-15-20-42/h12-39,66H,11,40,63H2,1-10H3. The van der Waals surface area contributed by atoms with Gasteiger partial charge in [0, 0.05) is 34.1 Å². The van der Waals surface area contributed by atoms with E-state index in [1.165, 1.54) is 27.8 Å². The number of pyridine rings is 1. The molecule has 0 fully saturated rings. The molecule has 66 heavy (non-hydrogen) atoms. The Labute approximate surface area is 393 Å². The first-order valence-electron chi connectivity index (χ1n) is 23.4. The third-order valence-electron chi connectivity index (χ3n) is 13.5. The lowest BCUT2D eigenvalue weighted by Crippen LogP contribution is -2.21. The first-order valence-corrected chi connectivity index (χ1v) is 23.4. The summed E-state index contributed by atoms with van der Waals surface area (Å²) in [5.74, 6) is 0.303. The fourth-order valence-electron chi connectivity index (χ4n) is 8.78. The normalized spacial score (nSPS) is 12.0. The van der Waals surface area contributed by atoms with Crippen molar-refractivity contribution < 1.29 is 5.11 Å². The second-order valence-electron chi connectivity index (χ2n) is 20.6. The molecule has 4 nitrogen and oxygen atoms in total. The van der Waals surface area contributed by atoms with Gasteiger partial charge in [-0.05, 0) is 134 Å². The van der Waals surface area contributed by atoms with Crippen molar-refractivity contribution in [1.82, 2.24) is 4.98 Å². The van der Waals surface area contributed by atoms with Crippen LogP contribution in [0.2, 0.25) is 0 Å². The van der Waals surface area contributed by atoms with E-state index in [2.05, 4.69) is 225 Å². The molecular weight excluding hydrogens is 803 g/mol. The number of aromatic hydroxyl groups is 1. The highest BCUT2D eigenvalue weighted by atomic mass is 16.3. The molecule has 334 valence electrons. The van der Waals surface area contributed by atoms with Crippen LogP contribution in [0.5, 0.6) is 5.75 Å². The van der Waals surface area contributed by atoms with Gasteiger partial charge in [0.1, 0.15) is 5.75 Å². The highest BCUT2D eigenvalue weighted by Crippen LogP contribution is 2.46. The summed E-state index contributed by atoms with van der Waals surface area (Å²) in [6, 6.07) is 58.5. The molecule has 0 bridgehead atoms. The average molecular weight is 868 g/mol. The molecule has 3 N–H and O–H groups in total. The minimum atomic E-state index is -0.153. The fraction of sp³-hybridized carbons (Fsp3) is 0.242. The Kier molecular flexibility index (Phi) is 12.6. The van der Waals surface area contributed by atoms with E-state index < -0.39 is 0 Å². The van der Waals surface area contributed by atoms with E-state index in [0.29, 0.717) is 18.0 Å². The van der Waals surface area contributed by atoms with Crippen molar-refractivity contribution in [1.29, 1.82) is 0 Å². The Morgan fingerprint density at radius 3 is 1.73 bits per heavy atom. The van der Waals surface area contributed by atoms with Gasteiger partial charge in [-0.25, -0.2) is 0 Å². The number of benzene rings is 7. The van der Waals surface area contributed by atoms with Crippen LogP contribution in [0.3, 0.4) is 0 Å². The molecule has 7 aromatic carbocycles. The van der Waals surface area contributed by atoms with Crippen molar-refractivity contribution in [2.75, 3.05) is 10.6 Å². The van der Waals surface area contributed by atoms with Crippen LogP contribution in [-0.2, 0) is 22.8 Å². The molecule has 0 saturated heterocycles. The number of nitrogen functional groups attached to an aromatic ring is 1. The first kappa shape index (κ1) is 45.7. The van der Waals surface area contributed by atoms with Gasteiger partial charge in [0.05, 0.1) is 23.6 Å². The summed E-state index contributed by atoms with van der Waals surface area (Å²) < 4.78 is 0. The number of anilines is 3. The molecule has 8 rings (SSSR count). The molecule has 0 aliphatic carbocycles. The summed E-state index contributed by atoms with van der Waals surface area (Å²) in [6.07, 6.45) is 2.92. The van der Waals surface area contributed by atoms with E-state index >= 15 is 0 Å². The van der Waals surface area contributed by atoms with Crippen LogP contribution in [0.25, 0.3) is 55.8 Å². The number of hydrogen-bond acceptors (Lipinski definition) is 4. The van der Waals surface area contributed by atoms with Crippen molar-refractivity contribution >= 4 is 17.1 Å². The van der Waals surface area contributed by atoms with E-state index in [9.17, 15) is 5.11 Å². The lowest BCUT2D eigenvalue weighted by Gasteiger charge is -2.32. The fourth-order valence-corrected chi connectivity index (χ4v) is 8.78. The summed E-state index contributed by atoms with van der Waals surface area (Å²) in [5.41, 5.74) is 25.9. The molecule has 0 aliphatic rings. The van der Waals surface area contributed by atoms with Crippen LogP contribution in [0.15, 0.2) is 170 Å². The molecule has 4 heteroatoms. The van der Waals surface area contributed by atoms with Gasteiger partial charge in [0.15, 0.2) is 0 Å². The van der Waals surface area contributed by atoms with Crippen molar-refractivity contribution in [2.45, 2.75) is 98.4 Å². The van der Waals surface area contributed by atoms with E-state index in [1.54, 1.807) is 0 Å². The molecule has 0 amide bonds. The van der Waals surface area contributed by atoms with Gasteiger partial charge in [0.25, 0.3) is 0 Å². The lowest BCUT2D eigenvalue weighted by atomic mass is 9.80. The quantitative estimate of drug-likeness (QED) is 0.127. The number of phenolic OH excluding ortho intramolecular Hbond substituents is 1. The Morgan fingerprint density at radius 1 is 0.500 bits per heavy atom. The maximum atomic E-state index is 11.8. The summed E-state index contributed by atoms with van der Waals surface area (Å²) in [5, 5.41) is 11.8. The van der Waals surface area contributed by atoms with Gasteiger partial charge in [-0.15, -0.1) is 0 Å². The number of aromatic nitrogens is 1. The van der Waals surface area contributed by atoms with Crippen LogP contribution in [0.1, 0.15) is 96.6 Å². The Hall–Kier alpha value is -6.91. The minimum absolute atomic E-state index is 0.0284. The molecule has 0 saturated carbocycles. The number of para-hydroxylation sites is 1. The minimum Gasteiger partial charge on any atom is -0.507 e. The van der Waals surface area contributed by atoms with Crippen molar-refractivity contribution in [3.05, 3.63) is 198 Å². The lowest BCUT2D eigenvalue weighted by molar-refractivity contribution is 0.462. The second-order valence-corrected chi connectivity index (χ2v) is 20.6. The Bertz CT molecular complexity index is 2990. The third kappa shape index (κ3) is 9.56.